The first-order valence-corrected chi connectivity index (χ1v) is 4.80. The quantitative estimate of drug-likeness (QED) is 0.796. The first kappa shape index (κ1) is 12.2. The van der Waals surface area contributed by atoms with E-state index >= 15 is 0 Å². The van der Waals surface area contributed by atoms with Gasteiger partial charge in [0.1, 0.15) is 17.5 Å². The van der Waals surface area contributed by atoms with Crippen LogP contribution in [-0.4, -0.2) is 31.3 Å². The van der Waals surface area contributed by atoms with E-state index in [1.807, 2.05) is 0 Å². The van der Waals surface area contributed by atoms with Crippen LogP contribution in [-0.2, 0) is 4.79 Å². The van der Waals surface area contributed by atoms with E-state index in [-0.39, 0.29) is 0 Å². The van der Waals surface area contributed by atoms with Crippen LogP contribution >= 0.6 is 0 Å². The minimum atomic E-state index is -0.919. The average Bonchev–Trinajstić information content (AvgIpc) is 2.29. The fourth-order valence-corrected chi connectivity index (χ4v) is 1.21. The van der Waals surface area contributed by atoms with Gasteiger partial charge in [0, 0.05) is 6.07 Å². The molecule has 0 aliphatic carbocycles. The molecule has 0 heterocycles. The van der Waals surface area contributed by atoms with Gasteiger partial charge in [-0.15, -0.1) is 0 Å². The fraction of sp³-hybridized carbons (Fsp3) is 0.364. The normalized spacial score (nSPS) is 11.7. The molecule has 0 saturated carbocycles. The molecule has 1 atom stereocenters. The van der Waals surface area contributed by atoms with Gasteiger partial charge in [-0.25, -0.2) is 0 Å². The summed E-state index contributed by atoms with van der Waals surface area (Å²) in [5, 5.41) is 11.6. The largest absolute Gasteiger partial charge is 0.497 e. The zero-order valence-electron chi connectivity index (χ0n) is 9.48. The second kappa shape index (κ2) is 5.25. The van der Waals surface area contributed by atoms with E-state index in [4.69, 9.17) is 14.6 Å². The number of carboxylic acid groups (broad SMARTS) is 1. The summed E-state index contributed by atoms with van der Waals surface area (Å²) in [5.41, 5.74) is 0.623. The second-order valence-corrected chi connectivity index (χ2v) is 3.27. The van der Waals surface area contributed by atoms with Gasteiger partial charge in [0.15, 0.2) is 0 Å². The highest BCUT2D eigenvalue weighted by molar-refractivity contribution is 5.77. The molecule has 1 aromatic rings. The topological polar surface area (TPSA) is 67.8 Å². The molecule has 0 aliphatic heterocycles. The Morgan fingerprint density at radius 1 is 1.38 bits per heavy atom. The van der Waals surface area contributed by atoms with E-state index in [1.165, 1.54) is 7.11 Å². The number of carbonyl (C=O) groups is 1. The zero-order valence-corrected chi connectivity index (χ0v) is 9.48. The number of anilines is 1. The molecule has 0 radical (unpaired) electrons. The van der Waals surface area contributed by atoms with Crippen molar-refractivity contribution in [3.63, 3.8) is 0 Å². The van der Waals surface area contributed by atoms with Crippen molar-refractivity contribution < 1.29 is 19.4 Å². The van der Waals surface area contributed by atoms with E-state index in [0.29, 0.717) is 17.2 Å². The molecule has 0 saturated heterocycles. The number of hydrogen-bond donors (Lipinski definition) is 2. The number of aliphatic carboxylic acids is 1. The summed E-state index contributed by atoms with van der Waals surface area (Å²) in [5.74, 6) is 0.288. The number of methoxy groups -OCH3 is 2. The summed E-state index contributed by atoms with van der Waals surface area (Å²) in [6, 6.07) is 4.47. The van der Waals surface area contributed by atoms with Crippen molar-refractivity contribution in [1.82, 2.24) is 0 Å². The van der Waals surface area contributed by atoms with E-state index in [2.05, 4.69) is 5.32 Å². The Labute approximate surface area is 94.0 Å². The van der Waals surface area contributed by atoms with Gasteiger partial charge in [-0.1, -0.05) is 0 Å². The molecular weight excluding hydrogens is 210 g/mol. The van der Waals surface area contributed by atoms with Gasteiger partial charge < -0.3 is 19.9 Å². The van der Waals surface area contributed by atoms with Crippen LogP contribution < -0.4 is 14.8 Å². The number of nitrogens with one attached hydrogen (secondary N) is 1. The van der Waals surface area contributed by atoms with Gasteiger partial charge in [-0.3, -0.25) is 4.79 Å². The third-order valence-electron chi connectivity index (χ3n) is 2.15. The van der Waals surface area contributed by atoms with Crippen molar-refractivity contribution in [3.8, 4) is 11.5 Å². The molecule has 0 aromatic heterocycles. The average molecular weight is 225 g/mol. The lowest BCUT2D eigenvalue weighted by atomic mass is 10.2. The lowest BCUT2D eigenvalue weighted by Gasteiger charge is -2.14. The van der Waals surface area contributed by atoms with E-state index in [1.54, 1.807) is 32.2 Å². The molecule has 0 fully saturated rings. The Kier molecular flexibility index (Phi) is 3.99. The first-order valence-electron chi connectivity index (χ1n) is 4.80. The van der Waals surface area contributed by atoms with Gasteiger partial charge in [0.05, 0.1) is 19.9 Å². The lowest BCUT2D eigenvalue weighted by molar-refractivity contribution is -0.137. The van der Waals surface area contributed by atoms with E-state index in [0.717, 1.165) is 0 Å². The molecule has 0 aliphatic rings. The van der Waals surface area contributed by atoms with Crippen LogP contribution in [0.25, 0.3) is 0 Å². The molecule has 88 valence electrons. The number of hydrogen-bond acceptors (Lipinski definition) is 4. The molecular formula is C11H15NO4. The minimum Gasteiger partial charge on any atom is -0.497 e. The van der Waals surface area contributed by atoms with Gasteiger partial charge in [0.25, 0.3) is 0 Å². The molecule has 0 spiro atoms. The molecule has 0 bridgehead atoms. The maximum absolute atomic E-state index is 10.7. The van der Waals surface area contributed by atoms with Gasteiger partial charge in [-0.05, 0) is 19.1 Å². The Morgan fingerprint density at radius 2 is 2.06 bits per heavy atom. The smallest absolute Gasteiger partial charge is 0.325 e. The summed E-state index contributed by atoms with van der Waals surface area (Å²) in [6.45, 7) is 1.56. The molecule has 0 amide bonds. The van der Waals surface area contributed by atoms with Crippen molar-refractivity contribution in [2.24, 2.45) is 0 Å². The third-order valence-corrected chi connectivity index (χ3v) is 2.15. The SMILES string of the molecule is COc1ccc(N[C@H](C)C(=O)O)c(OC)c1. The van der Waals surface area contributed by atoms with Gasteiger partial charge >= 0.3 is 5.97 Å². The summed E-state index contributed by atoms with van der Waals surface area (Å²) in [4.78, 5) is 10.7. The first-order chi connectivity index (χ1) is 7.58. The number of ether oxygens (including phenoxy) is 2. The molecule has 1 rings (SSSR count). The Hall–Kier alpha value is -1.91. The third kappa shape index (κ3) is 2.79. The van der Waals surface area contributed by atoms with Crippen LogP contribution in [0.5, 0.6) is 11.5 Å². The lowest BCUT2D eigenvalue weighted by Crippen LogP contribution is -2.25. The van der Waals surface area contributed by atoms with Crippen molar-refractivity contribution in [3.05, 3.63) is 18.2 Å². The molecule has 2 N–H and O–H groups in total. The summed E-state index contributed by atoms with van der Waals surface area (Å²) in [6.07, 6.45) is 0. The van der Waals surface area contributed by atoms with Crippen LogP contribution in [0, 0.1) is 0 Å². The minimum absolute atomic E-state index is 0.549. The second-order valence-electron chi connectivity index (χ2n) is 3.27. The van der Waals surface area contributed by atoms with Crippen molar-refractivity contribution in [1.29, 1.82) is 0 Å². The highest BCUT2D eigenvalue weighted by Gasteiger charge is 2.13. The predicted molar refractivity (Wildman–Crippen MR) is 60.3 cm³/mol. The molecule has 0 unspecified atom stereocenters. The maximum atomic E-state index is 10.7. The summed E-state index contributed by atoms with van der Waals surface area (Å²) >= 11 is 0. The predicted octanol–water partition coefficient (Wildman–Crippen LogP) is 1.59. The highest BCUT2D eigenvalue weighted by atomic mass is 16.5. The summed E-state index contributed by atoms with van der Waals surface area (Å²) in [7, 11) is 3.08. The molecule has 1 aromatic carbocycles. The van der Waals surface area contributed by atoms with Gasteiger partial charge in [-0.2, -0.15) is 0 Å². The van der Waals surface area contributed by atoms with Crippen LogP contribution in [0.15, 0.2) is 18.2 Å². The molecule has 16 heavy (non-hydrogen) atoms. The zero-order chi connectivity index (χ0) is 12.1. The van der Waals surface area contributed by atoms with Crippen molar-refractivity contribution >= 4 is 11.7 Å². The molecule has 5 heteroatoms. The van der Waals surface area contributed by atoms with Crippen LogP contribution in [0.3, 0.4) is 0 Å². The van der Waals surface area contributed by atoms with E-state index in [9.17, 15) is 4.79 Å². The standard InChI is InChI=1S/C11H15NO4/c1-7(11(13)14)12-9-5-4-8(15-2)6-10(9)16-3/h4-7,12H,1-3H3,(H,13,14)/t7-/m1/s1. The maximum Gasteiger partial charge on any atom is 0.325 e. The van der Waals surface area contributed by atoms with Crippen LogP contribution in [0.1, 0.15) is 6.92 Å². The van der Waals surface area contributed by atoms with Crippen LogP contribution in [0.2, 0.25) is 0 Å². The number of benzene rings is 1. The highest BCUT2D eigenvalue weighted by Crippen LogP contribution is 2.29. The van der Waals surface area contributed by atoms with Crippen molar-refractivity contribution in [2.45, 2.75) is 13.0 Å². The van der Waals surface area contributed by atoms with Crippen LogP contribution in [0.4, 0.5) is 5.69 Å². The number of rotatable bonds is 5. The van der Waals surface area contributed by atoms with E-state index < -0.39 is 12.0 Å². The Balaban J connectivity index is 2.91. The van der Waals surface area contributed by atoms with Gasteiger partial charge in [0.2, 0.25) is 0 Å². The molecule has 5 nitrogen and oxygen atoms in total. The Morgan fingerprint density at radius 3 is 2.56 bits per heavy atom. The summed E-state index contributed by atoms with van der Waals surface area (Å²) < 4.78 is 10.2. The number of carboxylic acids is 1. The Bertz CT molecular complexity index is 378. The monoisotopic (exact) mass is 225 g/mol. The fourth-order valence-electron chi connectivity index (χ4n) is 1.21. The van der Waals surface area contributed by atoms with Crippen molar-refractivity contribution in [2.75, 3.05) is 19.5 Å².